The maximum Gasteiger partial charge on any atom is 0.227 e. The molecule has 12 rings (SSSR count). The Hall–Kier alpha value is -7.82. The van der Waals surface area contributed by atoms with Crippen LogP contribution in [0.15, 0.2) is 203 Å². The summed E-state index contributed by atoms with van der Waals surface area (Å²) in [5.41, 5.74) is 19.3. The molecule has 0 unspecified atom stereocenters. The first-order valence-electron chi connectivity index (χ1n) is 20.8. The van der Waals surface area contributed by atoms with Crippen LogP contribution in [-0.4, -0.2) is 9.97 Å². The highest BCUT2D eigenvalue weighted by Crippen LogP contribution is 2.51. The Morgan fingerprint density at radius 3 is 1.28 bits per heavy atom. The van der Waals surface area contributed by atoms with E-state index < -0.39 is 0 Å². The van der Waals surface area contributed by atoms with Crippen LogP contribution in [0.25, 0.3) is 112 Å². The third-order valence-electron chi connectivity index (χ3n) is 12.5. The van der Waals surface area contributed by atoms with E-state index in [2.05, 4.69) is 159 Å². The zero-order chi connectivity index (χ0) is 40.7. The normalized spacial score (nSPS) is 12.9. The van der Waals surface area contributed by atoms with Gasteiger partial charge >= 0.3 is 0 Å². The summed E-state index contributed by atoms with van der Waals surface area (Å²) in [6, 6.07) is 69.0. The minimum Gasteiger partial charge on any atom is -0.436 e. The van der Waals surface area contributed by atoms with E-state index in [1.54, 1.807) is 0 Å². The fourth-order valence-electron chi connectivity index (χ4n) is 9.26. The van der Waals surface area contributed by atoms with Crippen molar-refractivity contribution >= 4 is 33.0 Å². The molecule has 0 spiro atoms. The molecule has 0 atom stereocenters. The van der Waals surface area contributed by atoms with Crippen LogP contribution in [0, 0.1) is 0 Å². The Balaban J connectivity index is 0.971. The molecule has 61 heavy (non-hydrogen) atoms. The molecule has 0 aliphatic heterocycles. The molecule has 0 bridgehead atoms. The number of para-hydroxylation sites is 4. The largest absolute Gasteiger partial charge is 0.436 e. The lowest BCUT2D eigenvalue weighted by Gasteiger charge is -2.22. The Morgan fingerprint density at radius 1 is 0.328 bits per heavy atom. The van der Waals surface area contributed by atoms with Gasteiger partial charge in [-0.15, -0.1) is 0 Å². The summed E-state index contributed by atoms with van der Waals surface area (Å²) >= 11 is 0. The van der Waals surface area contributed by atoms with Crippen LogP contribution in [0.3, 0.4) is 0 Å². The zero-order valence-corrected chi connectivity index (χ0v) is 33.7. The maximum atomic E-state index is 6.21. The Labute approximate surface area is 353 Å². The van der Waals surface area contributed by atoms with Crippen molar-refractivity contribution in [3.63, 3.8) is 0 Å². The number of benzene rings is 9. The topological polar surface area (TPSA) is 52.1 Å². The third kappa shape index (κ3) is 5.98. The van der Waals surface area contributed by atoms with Crippen molar-refractivity contribution in [1.82, 2.24) is 9.97 Å². The van der Waals surface area contributed by atoms with E-state index in [-0.39, 0.29) is 5.41 Å². The fraction of sp³-hybridized carbons (Fsp3) is 0.0526. The average molecular weight is 783 g/mol. The number of rotatable bonds is 6. The van der Waals surface area contributed by atoms with E-state index in [4.69, 9.17) is 18.8 Å². The van der Waals surface area contributed by atoms with E-state index in [1.165, 1.54) is 44.2 Å². The second-order valence-electron chi connectivity index (χ2n) is 16.6. The predicted octanol–water partition coefficient (Wildman–Crippen LogP) is 15.4. The Bertz CT molecular complexity index is 3330. The summed E-state index contributed by atoms with van der Waals surface area (Å²) < 4.78 is 12.4. The van der Waals surface area contributed by atoms with Crippen molar-refractivity contribution in [1.29, 1.82) is 0 Å². The summed E-state index contributed by atoms with van der Waals surface area (Å²) in [6.07, 6.45) is 0. The zero-order valence-electron chi connectivity index (χ0n) is 33.7. The Morgan fingerprint density at radius 2 is 0.738 bits per heavy atom. The van der Waals surface area contributed by atoms with Gasteiger partial charge in [0.25, 0.3) is 0 Å². The Kier molecular flexibility index (Phi) is 7.85. The SMILES string of the molecule is CC1(C)c2cc(-c3cccc(-c4cc(-c5cccc(-c6nc7ccccc7o6)c5)cc(-c5cccc(-c6nc7ccccc7o6)c5)c4)c3)ccc2-c2cc3ccccc3cc21. The molecule has 2 aromatic heterocycles. The van der Waals surface area contributed by atoms with Crippen LogP contribution >= 0.6 is 0 Å². The van der Waals surface area contributed by atoms with Gasteiger partial charge in [-0.3, -0.25) is 0 Å². The first-order valence-corrected chi connectivity index (χ1v) is 20.8. The molecule has 0 amide bonds. The lowest BCUT2D eigenvalue weighted by Crippen LogP contribution is -2.15. The van der Waals surface area contributed by atoms with Gasteiger partial charge in [0.1, 0.15) is 11.0 Å². The van der Waals surface area contributed by atoms with E-state index in [1.807, 2.05) is 48.5 Å². The highest BCUT2D eigenvalue weighted by Gasteiger charge is 2.36. The van der Waals surface area contributed by atoms with Crippen LogP contribution in [-0.2, 0) is 5.41 Å². The van der Waals surface area contributed by atoms with Crippen molar-refractivity contribution in [3.05, 3.63) is 205 Å². The minimum absolute atomic E-state index is 0.121. The van der Waals surface area contributed by atoms with Gasteiger partial charge in [-0.05, 0) is 169 Å². The van der Waals surface area contributed by atoms with Gasteiger partial charge in [-0.25, -0.2) is 9.97 Å². The van der Waals surface area contributed by atoms with Gasteiger partial charge in [0.05, 0.1) is 0 Å². The molecule has 0 N–H and O–H groups in total. The number of hydrogen-bond acceptors (Lipinski definition) is 4. The summed E-state index contributed by atoms with van der Waals surface area (Å²) in [5.74, 6) is 1.21. The van der Waals surface area contributed by atoms with E-state index >= 15 is 0 Å². The van der Waals surface area contributed by atoms with Crippen molar-refractivity contribution in [2.24, 2.45) is 0 Å². The van der Waals surface area contributed by atoms with Gasteiger partial charge in [0.2, 0.25) is 11.8 Å². The number of aromatic nitrogens is 2. The molecule has 0 fully saturated rings. The lowest BCUT2D eigenvalue weighted by atomic mass is 9.81. The second kappa shape index (κ2) is 13.6. The molecular formula is C57H38N2O2. The first kappa shape index (κ1) is 35.2. The summed E-state index contributed by atoms with van der Waals surface area (Å²) in [4.78, 5) is 9.63. The number of hydrogen-bond donors (Lipinski definition) is 0. The summed E-state index contributed by atoms with van der Waals surface area (Å²) in [7, 11) is 0. The van der Waals surface area contributed by atoms with E-state index in [0.29, 0.717) is 11.8 Å². The van der Waals surface area contributed by atoms with Gasteiger partial charge in [0, 0.05) is 16.5 Å². The van der Waals surface area contributed by atoms with E-state index in [9.17, 15) is 0 Å². The smallest absolute Gasteiger partial charge is 0.227 e. The number of oxazole rings is 2. The third-order valence-corrected chi connectivity index (χ3v) is 12.5. The quantitative estimate of drug-likeness (QED) is 0.169. The highest BCUT2D eigenvalue weighted by atomic mass is 16.4. The molecule has 4 heteroatoms. The molecule has 1 aliphatic rings. The van der Waals surface area contributed by atoms with Gasteiger partial charge in [-0.2, -0.15) is 0 Å². The lowest BCUT2D eigenvalue weighted by molar-refractivity contribution is 0.619. The standard InChI is InChI=1S/C57H38N2O2/c1-57(2)49-34-41(24-25-47(49)48-32-39-12-3-4-13-40(39)33-50(48)57)35-14-9-15-36(26-35)44-29-45(37-16-10-18-42(27-37)55-58-51-20-5-7-22-53(51)60-55)31-46(30-44)38-17-11-19-43(28-38)56-59-52-21-6-8-23-54(52)61-56/h3-34H,1-2H3. The molecular weight excluding hydrogens is 745 g/mol. The first-order chi connectivity index (χ1) is 29.9. The monoisotopic (exact) mass is 782 g/mol. The average Bonchev–Trinajstić information content (AvgIpc) is 4.01. The predicted molar refractivity (Wildman–Crippen MR) is 249 cm³/mol. The molecule has 11 aromatic rings. The fourth-order valence-corrected chi connectivity index (χ4v) is 9.26. The highest BCUT2D eigenvalue weighted by molar-refractivity contribution is 5.94. The molecule has 288 valence electrons. The molecule has 2 heterocycles. The van der Waals surface area contributed by atoms with Gasteiger partial charge < -0.3 is 8.83 Å². The molecule has 0 radical (unpaired) electrons. The molecule has 4 nitrogen and oxygen atoms in total. The van der Waals surface area contributed by atoms with Gasteiger partial charge in [-0.1, -0.05) is 117 Å². The number of nitrogens with zero attached hydrogens (tertiary/aromatic N) is 2. The van der Waals surface area contributed by atoms with Crippen molar-refractivity contribution in [2.45, 2.75) is 19.3 Å². The summed E-state index contributed by atoms with van der Waals surface area (Å²) in [5, 5.41) is 2.56. The molecule has 0 saturated carbocycles. The molecule has 9 aromatic carbocycles. The van der Waals surface area contributed by atoms with Gasteiger partial charge in [0.15, 0.2) is 11.2 Å². The van der Waals surface area contributed by atoms with Crippen molar-refractivity contribution < 1.29 is 8.83 Å². The maximum absolute atomic E-state index is 6.21. The summed E-state index contributed by atoms with van der Waals surface area (Å²) in [6.45, 7) is 4.72. The van der Waals surface area contributed by atoms with Crippen LogP contribution < -0.4 is 0 Å². The van der Waals surface area contributed by atoms with E-state index in [0.717, 1.165) is 66.7 Å². The molecule has 1 aliphatic carbocycles. The number of fused-ring (bicyclic) bond motifs is 6. The van der Waals surface area contributed by atoms with Crippen LogP contribution in [0.2, 0.25) is 0 Å². The van der Waals surface area contributed by atoms with Crippen molar-refractivity contribution in [3.8, 4) is 78.5 Å². The minimum atomic E-state index is -0.121. The van der Waals surface area contributed by atoms with Crippen LogP contribution in [0.5, 0.6) is 0 Å². The van der Waals surface area contributed by atoms with Crippen LogP contribution in [0.1, 0.15) is 25.0 Å². The second-order valence-corrected chi connectivity index (χ2v) is 16.6. The molecule has 0 saturated heterocycles. The van der Waals surface area contributed by atoms with Crippen molar-refractivity contribution in [2.75, 3.05) is 0 Å². The van der Waals surface area contributed by atoms with Crippen LogP contribution in [0.4, 0.5) is 0 Å².